The summed E-state index contributed by atoms with van der Waals surface area (Å²) in [5, 5.41) is 3.45. The maximum absolute atomic E-state index is 12.1. The number of hydrogen-bond acceptors (Lipinski definition) is 3. The van der Waals surface area contributed by atoms with Crippen LogP contribution in [0.3, 0.4) is 0 Å². The van der Waals surface area contributed by atoms with Crippen molar-refractivity contribution in [1.29, 1.82) is 0 Å². The van der Waals surface area contributed by atoms with Gasteiger partial charge in [-0.3, -0.25) is 0 Å². The lowest BCUT2D eigenvalue weighted by Gasteiger charge is -2.46. The Labute approximate surface area is 104 Å². The average molecular weight is 240 g/mol. The zero-order valence-electron chi connectivity index (χ0n) is 11.3. The predicted molar refractivity (Wildman–Crippen MR) is 66.9 cm³/mol. The number of carbonyl (C=O) groups is 1. The van der Waals surface area contributed by atoms with Crippen LogP contribution >= 0.6 is 0 Å². The molecule has 0 aliphatic carbocycles. The van der Waals surface area contributed by atoms with E-state index in [1.807, 2.05) is 25.7 Å². The van der Waals surface area contributed by atoms with Gasteiger partial charge in [-0.2, -0.15) is 0 Å². The maximum Gasteiger partial charge on any atom is 0.410 e. The van der Waals surface area contributed by atoms with Crippen molar-refractivity contribution >= 4 is 6.09 Å². The smallest absolute Gasteiger partial charge is 0.410 e. The Morgan fingerprint density at radius 2 is 2.06 bits per heavy atom. The van der Waals surface area contributed by atoms with Crippen LogP contribution in [0.2, 0.25) is 0 Å². The van der Waals surface area contributed by atoms with E-state index in [1.165, 1.54) is 6.42 Å². The Bertz CT molecular complexity index is 298. The summed E-state index contributed by atoms with van der Waals surface area (Å²) in [5.74, 6) is 1.17. The lowest BCUT2D eigenvalue weighted by Crippen LogP contribution is -2.58. The van der Waals surface area contributed by atoms with Crippen molar-refractivity contribution in [2.45, 2.75) is 45.8 Å². The number of ether oxygens (including phenoxy) is 1. The number of carbonyl (C=O) groups excluding carboxylic acids is 1. The minimum Gasteiger partial charge on any atom is -0.444 e. The molecule has 0 radical (unpaired) electrons. The highest BCUT2D eigenvalue weighted by Crippen LogP contribution is 2.30. The summed E-state index contributed by atoms with van der Waals surface area (Å²) in [6, 6.07) is 0.286. The fraction of sp³-hybridized carbons (Fsp3) is 0.923. The van der Waals surface area contributed by atoms with Gasteiger partial charge in [-0.1, -0.05) is 0 Å². The molecule has 0 aromatic rings. The number of piperidine rings is 2. The van der Waals surface area contributed by atoms with Crippen LogP contribution in [0.15, 0.2) is 0 Å². The monoisotopic (exact) mass is 240 g/mol. The van der Waals surface area contributed by atoms with E-state index in [-0.39, 0.29) is 12.1 Å². The molecule has 1 N–H and O–H groups in total. The zero-order chi connectivity index (χ0) is 12.6. The van der Waals surface area contributed by atoms with Crippen LogP contribution in [0, 0.1) is 11.8 Å². The van der Waals surface area contributed by atoms with E-state index in [4.69, 9.17) is 4.74 Å². The van der Waals surface area contributed by atoms with E-state index < -0.39 is 5.60 Å². The summed E-state index contributed by atoms with van der Waals surface area (Å²) in [5.41, 5.74) is -0.401. The Morgan fingerprint density at radius 1 is 1.35 bits per heavy atom. The van der Waals surface area contributed by atoms with E-state index in [2.05, 4.69) is 12.2 Å². The SMILES string of the molecule is C[C@H]1[C@@H]2CNC[C@@H](C2)CN1C(=O)OC(C)(C)C. The van der Waals surface area contributed by atoms with E-state index in [9.17, 15) is 4.79 Å². The van der Waals surface area contributed by atoms with E-state index in [0.29, 0.717) is 11.8 Å². The molecule has 2 bridgehead atoms. The van der Waals surface area contributed by atoms with Crippen LogP contribution in [0.4, 0.5) is 4.79 Å². The van der Waals surface area contributed by atoms with Crippen LogP contribution in [0.1, 0.15) is 34.1 Å². The van der Waals surface area contributed by atoms with E-state index >= 15 is 0 Å². The van der Waals surface area contributed by atoms with Gasteiger partial charge >= 0.3 is 6.09 Å². The largest absolute Gasteiger partial charge is 0.444 e. The first-order valence-electron chi connectivity index (χ1n) is 6.57. The number of hydrogen-bond donors (Lipinski definition) is 1. The van der Waals surface area contributed by atoms with Gasteiger partial charge in [-0.15, -0.1) is 0 Å². The first kappa shape index (κ1) is 12.7. The molecular weight excluding hydrogens is 216 g/mol. The molecule has 0 aromatic carbocycles. The van der Waals surface area contributed by atoms with Crippen molar-refractivity contribution < 1.29 is 9.53 Å². The van der Waals surface area contributed by atoms with Gasteiger partial charge in [0.15, 0.2) is 0 Å². The van der Waals surface area contributed by atoms with Crippen LogP contribution in [0.25, 0.3) is 0 Å². The van der Waals surface area contributed by atoms with Crippen molar-refractivity contribution in [2.24, 2.45) is 11.8 Å². The first-order valence-corrected chi connectivity index (χ1v) is 6.57. The van der Waals surface area contributed by atoms with Crippen LogP contribution in [-0.4, -0.2) is 42.3 Å². The number of nitrogens with zero attached hydrogens (tertiary/aromatic N) is 1. The molecule has 2 aliphatic rings. The second kappa shape index (κ2) is 4.48. The van der Waals surface area contributed by atoms with Crippen LogP contribution < -0.4 is 5.32 Å². The number of likely N-dealkylation sites (tertiary alicyclic amines) is 1. The van der Waals surface area contributed by atoms with Gasteiger partial charge in [0, 0.05) is 12.6 Å². The van der Waals surface area contributed by atoms with Gasteiger partial charge in [0.05, 0.1) is 0 Å². The topological polar surface area (TPSA) is 41.6 Å². The highest BCUT2D eigenvalue weighted by Gasteiger charge is 2.39. The zero-order valence-corrected chi connectivity index (χ0v) is 11.3. The molecule has 4 heteroatoms. The molecule has 2 saturated heterocycles. The molecule has 3 atom stereocenters. The summed E-state index contributed by atoms with van der Waals surface area (Å²) in [4.78, 5) is 14.1. The van der Waals surface area contributed by atoms with Crippen molar-refractivity contribution in [3.8, 4) is 0 Å². The van der Waals surface area contributed by atoms with Crippen LogP contribution in [0.5, 0.6) is 0 Å². The summed E-state index contributed by atoms with van der Waals surface area (Å²) in [6.07, 6.45) is 1.09. The standard InChI is InChI=1S/C13H24N2O2/c1-9-11-5-10(6-14-7-11)8-15(9)12(16)17-13(2,3)4/h9-11,14H,5-8H2,1-4H3/t9-,10+,11-/m0/s1. The van der Waals surface area contributed by atoms with Crippen molar-refractivity contribution in [3.63, 3.8) is 0 Å². The molecule has 2 aliphatic heterocycles. The number of rotatable bonds is 0. The first-order chi connectivity index (χ1) is 7.87. The summed E-state index contributed by atoms with van der Waals surface area (Å²) >= 11 is 0. The molecular formula is C13H24N2O2. The molecule has 98 valence electrons. The van der Waals surface area contributed by atoms with Crippen LogP contribution in [-0.2, 0) is 4.74 Å². The molecule has 0 spiro atoms. The Morgan fingerprint density at radius 3 is 2.71 bits per heavy atom. The molecule has 2 rings (SSSR count). The van der Waals surface area contributed by atoms with Crippen molar-refractivity contribution in [1.82, 2.24) is 10.2 Å². The highest BCUT2D eigenvalue weighted by molar-refractivity contribution is 5.68. The third-order valence-electron chi connectivity index (χ3n) is 3.73. The lowest BCUT2D eigenvalue weighted by molar-refractivity contribution is -0.0123. The molecule has 0 unspecified atom stereocenters. The minimum atomic E-state index is -0.401. The Hall–Kier alpha value is -0.770. The molecule has 0 aromatic heterocycles. The Kier molecular flexibility index (Phi) is 3.34. The second-order valence-electron chi connectivity index (χ2n) is 6.39. The third kappa shape index (κ3) is 2.92. The van der Waals surface area contributed by atoms with Gasteiger partial charge < -0.3 is 15.0 Å². The van der Waals surface area contributed by atoms with E-state index in [0.717, 1.165) is 19.6 Å². The fourth-order valence-corrected chi connectivity index (χ4v) is 2.83. The highest BCUT2D eigenvalue weighted by atomic mass is 16.6. The normalized spacial score (nSPS) is 33.4. The van der Waals surface area contributed by atoms with Gasteiger partial charge in [0.1, 0.15) is 5.60 Å². The minimum absolute atomic E-state index is 0.151. The maximum atomic E-state index is 12.1. The molecule has 2 heterocycles. The number of amides is 1. The van der Waals surface area contributed by atoms with Crippen molar-refractivity contribution in [2.75, 3.05) is 19.6 Å². The van der Waals surface area contributed by atoms with Gasteiger partial charge in [0.25, 0.3) is 0 Å². The van der Waals surface area contributed by atoms with Gasteiger partial charge in [-0.25, -0.2) is 4.79 Å². The van der Waals surface area contributed by atoms with E-state index in [1.54, 1.807) is 0 Å². The molecule has 17 heavy (non-hydrogen) atoms. The third-order valence-corrected chi connectivity index (χ3v) is 3.73. The fourth-order valence-electron chi connectivity index (χ4n) is 2.83. The van der Waals surface area contributed by atoms with Gasteiger partial charge in [0.2, 0.25) is 0 Å². The van der Waals surface area contributed by atoms with Crippen molar-refractivity contribution in [3.05, 3.63) is 0 Å². The summed E-state index contributed by atoms with van der Waals surface area (Å²) in [7, 11) is 0. The molecule has 1 amide bonds. The molecule has 2 fully saturated rings. The molecule has 4 nitrogen and oxygen atoms in total. The number of fused-ring (bicyclic) bond motifs is 2. The van der Waals surface area contributed by atoms with Gasteiger partial charge in [-0.05, 0) is 59.0 Å². The lowest BCUT2D eigenvalue weighted by atomic mass is 9.81. The molecule has 0 saturated carbocycles. The average Bonchev–Trinajstić information content (AvgIpc) is 2.21. The summed E-state index contributed by atoms with van der Waals surface area (Å²) < 4.78 is 5.48. The Balaban J connectivity index is 2.02. The second-order valence-corrected chi connectivity index (χ2v) is 6.39. The number of nitrogens with one attached hydrogen (secondary N) is 1. The predicted octanol–water partition coefficient (Wildman–Crippen LogP) is 1.85. The quantitative estimate of drug-likeness (QED) is 0.702. The summed E-state index contributed by atoms with van der Waals surface area (Å²) in [6.45, 7) is 10.8.